The molecule has 5 nitrogen and oxygen atoms in total. The summed E-state index contributed by atoms with van der Waals surface area (Å²) in [5.41, 5.74) is 2.33. The van der Waals surface area contributed by atoms with Crippen molar-refractivity contribution in [3.8, 4) is 11.4 Å². The average molecular weight is 337 g/mol. The number of aromatic carboxylic acids is 1. The van der Waals surface area contributed by atoms with Gasteiger partial charge in [-0.05, 0) is 42.8 Å². The minimum atomic E-state index is -0.977. The van der Waals surface area contributed by atoms with E-state index in [-0.39, 0.29) is 11.4 Å². The van der Waals surface area contributed by atoms with Crippen LogP contribution in [-0.4, -0.2) is 21.0 Å². The number of carboxylic acids is 1. The molecule has 0 saturated carbocycles. The van der Waals surface area contributed by atoms with Crippen molar-refractivity contribution in [2.24, 2.45) is 0 Å². The second kappa shape index (κ2) is 7.09. The maximum absolute atomic E-state index is 13.5. The number of hydrogen-bond donors (Lipinski definition) is 2. The van der Waals surface area contributed by atoms with E-state index in [0.717, 1.165) is 5.69 Å². The molecule has 126 valence electrons. The summed E-state index contributed by atoms with van der Waals surface area (Å²) in [6, 6.07) is 14.3. The van der Waals surface area contributed by atoms with Crippen molar-refractivity contribution in [2.75, 3.05) is 5.32 Å². The Morgan fingerprint density at radius 1 is 1.12 bits per heavy atom. The smallest absolute Gasteiger partial charge is 0.335 e. The summed E-state index contributed by atoms with van der Waals surface area (Å²) in [6.45, 7) is 1.98. The average Bonchev–Trinajstić information content (AvgIpc) is 2.62. The van der Waals surface area contributed by atoms with Gasteiger partial charge in [-0.25, -0.2) is 19.2 Å². The number of rotatable bonds is 5. The lowest BCUT2D eigenvalue weighted by Gasteiger charge is -2.10. The first-order valence-corrected chi connectivity index (χ1v) is 7.79. The number of benzene rings is 2. The van der Waals surface area contributed by atoms with Gasteiger partial charge in [-0.3, -0.25) is 0 Å². The second-order valence-electron chi connectivity index (χ2n) is 5.44. The molecule has 2 N–H and O–H groups in total. The van der Waals surface area contributed by atoms with Gasteiger partial charge in [0.25, 0.3) is 0 Å². The molecule has 25 heavy (non-hydrogen) atoms. The molecule has 0 bridgehead atoms. The molecule has 0 aliphatic rings. The van der Waals surface area contributed by atoms with Crippen molar-refractivity contribution < 1.29 is 14.3 Å². The molecule has 0 aliphatic carbocycles. The third-order valence-corrected chi connectivity index (χ3v) is 3.63. The van der Waals surface area contributed by atoms with E-state index < -0.39 is 5.97 Å². The molecule has 6 heteroatoms. The van der Waals surface area contributed by atoms with Crippen LogP contribution in [0.1, 0.15) is 23.0 Å². The van der Waals surface area contributed by atoms with Crippen molar-refractivity contribution in [1.82, 2.24) is 9.97 Å². The lowest BCUT2D eigenvalue weighted by molar-refractivity contribution is 0.0697. The molecule has 0 unspecified atom stereocenters. The van der Waals surface area contributed by atoms with Crippen LogP contribution in [0.2, 0.25) is 0 Å². The van der Waals surface area contributed by atoms with E-state index >= 15 is 0 Å². The zero-order chi connectivity index (χ0) is 17.8. The normalized spacial score (nSPS) is 10.5. The Hall–Kier alpha value is -3.28. The van der Waals surface area contributed by atoms with Gasteiger partial charge >= 0.3 is 5.97 Å². The van der Waals surface area contributed by atoms with Gasteiger partial charge in [0.2, 0.25) is 0 Å². The molecule has 0 fully saturated rings. The van der Waals surface area contributed by atoms with Gasteiger partial charge in [0.1, 0.15) is 11.6 Å². The zero-order valence-corrected chi connectivity index (χ0v) is 13.5. The van der Waals surface area contributed by atoms with E-state index in [1.807, 2.05) is 13.0 Å². The minimum Gasteiger partial charge on any atom is -0.478 e. The highest BCUT2D eigenvalue weighted by atomic mass is 19.1. The first kappa shape index (κ1) is 16.6. The van der Waals surface area contributed by atoms with Gasteiger partial charge in [0, 0.05) is 23.0 Å². The number of nitrogens with zero attached hydrogens (tertiary/aromatic N) is 2. The molecule has 0 amide bonds. The summed E-state index contributed by atoms with van der Waals surface area (Å²) < 4.78 is 13.5. The Bertz CT molecular complexity index is 911. The lowest BCUT2D eigenvalue weighted by atomic mass is 10.2. The molecule has 3 rings (SSSR count). The fraction of sp³-hybridized carbons (Fsp3) is 0.105. The van der Waals surface area contributed by atoms with Crippen LogP contribution >= 0.6 is 0 Å². The van der Waals surface area contributed by atoms with Crippen LogP contribution < -0.4 is 5.32 Å². The van der Waals surface area contributed by atoms with Crippen molar-refractivity contribution in [3.63, 3.8) is 0 Å². The zero-order valence-electron chi connectivity index (χ0n) is 13.5. The molecular weight excluding hydrogens is 321 g/mol. The number of halogens is 1. The standard InChI is InChI=1S/C19H16FN3O2/c1-2-15-11-17(21-16-8-6-12(7-9-16)19(24)25)23-18(22-15)13-4-3-5-14(20)10-13/h3-11H,2H2,1H3,(H,24,25)(H,21,22,23). The molecule has 3 aromatic rings. The van der Waals surface area contributed by atoms with Crippen molar-refractivity contribution in [3.05, 3.63) is 71.7 Å². The van der Waals surface area contributed by atoms with Gasteiger partial charge in [-0.2, -0.15) is 0 Å². The van der Waals surface area contributed by atoms with Crippen molar-refractivity contribution in [2.45, 2.75) is 13.3 Å². The minimum absolute atomic E-state index is 0.211. The number of aromatic nitrogens is 2. The summed E-state index contributed by atoms with van der Waals surface area (Å²) in [4.78, 5) is 19.8. The van der Waals surface area contributed by atoms with Crippen LogP contribution in [0.15, 0.2) is 54.6 Å². The number of carbonyl (C=O) groups is 1. The molecule has 0 spiro atoms. The Kier molecular flexibility index (Phi) is 4.70. The number of nitrogens with one attached hydrogen (secondary N) is 1. The summed E-state index contributed by atoms with van der Waals surface area (Å²) in [7, 11) is 0. The van der Waals surface area contributed by atoms with Crippen molar-refractivity contribution >= 4 is 17.5 Å². The maximum Gasteiger partial charge on any atom is 0.335 e. The van der Waals surface area contributed by atoms with Crippen molar-refractivity contribution in [1.29, 1.82) is 0 Å². The molecule has 1 heterocycles. The third kappa shape index (κ3) is 3.98. The Morgan fingerprint density at radius 3 is 2.52 bits per heavy atom. The van der Waals surface area contributed by atoms with Crippen LogP contribution in [0, 0.1) is 5.82 Å². The molecule has 0 saturated heterocycles. The van der Waals surface area contributed by atoms with Crippen LogP contribution in [0.4, 0.5) is 15.9 Å². The summed E-state index contributed by atoms with van der Waals surface area (Å²) in [5, 5.41) is 12.1. The molecule has 0 aliphatic heterocycles. The van der Waals surface area contributed by atoms with E-state index in [9.17, 15) is 9.18 Å². The Balaban J connectivity index is 1.93. The maximum atomic E-state index is 13.5. The van der Waals surface area contributed by atoms with E-state index in [0.29, 0.717) is 29.3 Å². The third-order valence-electron chi connectivity index (χ3n) is 3.63. The Labute approximate surface area is 144 Å². The quantitative estimate of drug-likeness (QED) is 0.726. The molecule has 2 aromatic carbocycles. The predicted molar refractivity (Wildman–Crippen MR) is 93.5 cm³/mol. The van der Waals surface area contributed by atoms with Gasteiger partial charge in [0.05, 0.1) is 5.56 Å². The van der Waals surface area contributed by atoms with E-state index in [1.54, 1.807) is 24.3 Å². The fourth-order valence-electron chi connectivity index (χ4n) is 2.34. The van der Waals surface area contributed by atoms with Crippen LogP contribution in [0.25, 0.3) is 11.4 Å². The summed E-state index contributed by atoms with van der Waals surface area (Å²) >= 11 is 0. The van der Waals surface area contributed by atoms with Crippen LogP contribution in [0.5, 0.6) is 0 Å². The molecule has 0 radical (unpaired) electrons. The van der Waals surface area contributed by atoms with E-state index in [4.69, 9.17) is 5.11 Å². The highest BCUT2D eigenvalue weighted by Gasteiger charge is 2.08. The highest BCUT2D eigenvalue weighted by molar-refractivity contribution is 5.88. The van der Waals surface area contributed by atoms with Gasteiger partial charge in [0.15, 0.2) is 5.82 Å². The van der Waals surface area contributed by atoms with Crippen LogP contribution in [0.3, 0.4) is 0 Å². The molecule has 1 aromatic heterocycles. The largest absolute Gasteiger partial charge is 0.478 e. The fourth-order valence-corrected chi connectivity index (χ4v) is 2.34. The summed E-state index contributed by atoms with van der Waals surface area (Å²) in [6.07, 6.45) is 0.706. The number of carboxylic acid groups (broad SMARTS) is 1. The monoisotopic (exact) mass is 337 g/mol. The highest BCUT2D eigenvalue weighted by Crippen LogP contribution is 2.22. The predicted octanol–water partition coefficient (Wildman–Crippen LogP) is 4.29. The molecular formula is C19H16FN3O2. The van der Waals surface area contributed by atoms with Gasteiger partial charge in [-0.15, -0.1) is 0 Å². The lowest BCUT2D eigenvalue weighted by Crippen LogP contribution is -2.01. The van der Waals surface area contributed by atoms with E-state index in [1.165, 1.54) is 24.3 Å². The second-order valence-corrected chi connectivity index (χ2v) is 5.44. The first-order valence-electron chi connectivity index (χ1n) is 7.79. The Morgan fingerprint density at radius 2 is 1.88 bits per heavy atom. The number of hydrogen-bond acceptors (Lipinski definition) is 4. The van der Waals surface area contributed by atoms with E-state index in [2.05, 4.69) is 15.3 Å². The van der Waals surface area contributed by atoms with Gasteiger partial charge < -0.3 is 10.4 Å². The topological polar surface area (TPSA) is 75.1 Å². The number of anilines is 2. The molecule has 0 atom stereocenters. The van der Waals surface area contributed by atoms with Gasteiger partial charge in [-0.1, -0.05) is 19.1 Å². The first-order chi connectivity index (χ1) is 12.0. The SMILES string of the molecule is CCc1cc(Nc2ccc(C(=O)O)cc2)nc(-c2cccc(F)c2)n1. The van der Waals surface area contributed by atoms with Crippen LogP contribution in [-0.2, 0) is 6.42 Å². The number of aryl methyl sites for hydroxylation is 1. The summed E-state index contributed by atoms with van der Waals surface area (Å²) in [5.74, 6) is -0.324.